The zero-order valence-corrected chi connectivity index (χ0v) is 8.28. The van der Waals surface area contributed by atoms with Gasteiger partial charge in [0.25, 0.3) is 0 Å². The van der Waals surface area contributed by atoms with Crippen LogP contribution in [0.3, 0.4) is 0 Å². The molecule has 0 aliphatic carbocycles. The topological polar surface area (TPSA) is 29.0 Å². The van der Waals surface area contributed by atoms with Crippen LogP contribution in [0.25, 0.3) is 0 Å². The molecule has 2 heterocycles. The molecular weight excluding hydrogens is 181 g/mol. The Hall–Kier alpha value is -1.19. The first-order valence-electron chi connectivity index (χ1n) is 4.98. The van der Waals surface area contributed by atoms with E-state index in [4.69, 9.17) is 0 Å². The van der Waals surface area contributed by atoms with E-state index in [9.17, 15) is 4.39 Å². The number of hydrogen-bond acceptors (Lipinski definition) is 3. The Labute approximate surface area is 83.0 Å². The van der Waals surface area contributed by atoms with Crippen molar-refractivity contribution in [1.29, 1.82) is 0 Å². The summed E-state index contributed by atoms with van der Waals surface area (Å²) < 4.78 is 13.3. The maximum absolute atomic E-state index is 13.3. The maximum atomic E-state index is 13.3. The fourth-order valence-electron chi connectivity index (χ4n) is 1.92. The summed E-state index contributed by atoms with van der Waals surface area (Å²) in [5.41, 5.74) is 0. The molecule has 1 aliphatic rings. The summed E-state index contributed by atoms with van der Waals surface area (Å²) in [5.74, 6) is 0.756. The van der Waals surface area contributed by atoms with Crippen molar-refractivity contribution in [2.75, 3.05) is 18.0 Å². The highest BCUT2D eigenvalue weighted by Gasteiger charge is 2.19. The van der Waals surface area contributed by atoms with Crippen LogP contribution in [-0.4, -0.2) is 23.1 Å². The standard InChI is InChI=1S/C10H14FN3/c1-8-3-2-4-14(6-8)10-9(11)5-12-7-13-10/h5,7-8H,2-4,6H2,1H3. The average molecular weight is 195 g/mol. The van der Waals surface area contributed by atoms with Gasteiger partial charge in [0.15, 0.2) is 11.6 Å². The molecule has 1 aliphatic heterocycles. The highest BCUT2D eigenvalue weighted by Crippen LogP contribution is 2.22. The molecule has 14 heavy (non-hydrogen) atoms. The second-order valence-electron chi connectivity index (χ2n) is 3.89. The Bertz CT molecular complexity index is 316. The zero-order valence-electron chi connectivity index (χ0n) is 8.28. The molecule has 0 spiro atoms. The minimum absolute atomic E-state index is 0.318. The lowest BCUT2D eigenvalue weighted by atomic mass is 10.0. The highest BCUT2D eigenvalue weighted by atomic mass is 19.1. The third-order valence-electron chi connectivity index (χ3n) is 2.60. The minimum Gasteiger partial charge on any atom is -0.354 e. The van der Waals surface area contributed by atoms with Gasteiger partial charge in [-0.25, -0.2) is 14.4 Å². The van der Waals surface area contributed by atoms with Gasteiger partial charge in [0.2, 0.25) is 0 Å². The van der Waals surface area contributed by atoms with E-state index < -0.39 is 0 Å². The lowest BCUT2D eigenvalue weighted by Gasteiger charge is -2.31. The molecule has 4 heteroatoms. The highest BCUT2D eigenvalue weighted by molar-refractivity contribution is 5.38. The fourth-order valence-corrected chi connectivity index (χ4v) is 1.92. The summed E-state index contributed by atoms with van der Waals surface area (Å²) in [4.78, 5) is 9.63. The number of rotatable bonds is 1. The van der Waals surface area contributed by atoms with E-state index in [-0.39, 0.29) is 5.82 Å². The van der Waals surface area contributed by atoms with E-state index in [1.807, 2.05) is 4.90 Å². The van der Waals surface area contributed by atoms with E-state index in [0.717, 1.165) is 19.5 Å². The van der Waals surface area contributed by atoms with Gasteiger partial charge in [-0.05, 0) is 18.8 Å². The van der Waals surface area contributed by atoms with E-state index in [2.05, 4.69) is 16.9 Å². The van der Waals surface area contributed by atoms with Crippen molar-refractivity contribution in [2.24, 2.45) is 5.92 Å². The number of nitrogens with zero attached hydrogens (tertiary/aromatic N) is 3. The van der Waals surface area contributed by atoms with Crippen molar-refractivity contribution in [1.82, 2.24) is 9.97 Å². The predicted octanol–water partition coefficient (Wildman–Crippen LogP) is 1.85. The van der Waals surface area contributed by atoms with Crippen molar-refractivity contribution in [2.45, 2.75) is 19.8 Å². The predicted molar refractivity (Wildman–Crippen MR) is 52.6 cm³/mol. The molecule has 76 valence electrons. The molecule has 3 nitrogen and oxygen atoms in total. The van der Waals surface area contributed by atoms with Crippen molar-refractivity contribution in [3.63, 3.8) is 0 Å². The molecule has 0 amide bonds. The quantitative estimate of drug-likeness (QED) is 0.684. The third kappa shape index (κ3) is 1.84. The minimum atomic E-state index is -0.318. The number of aromatic nitrogens is 2. The Morgan fingerprint density at radius 1 is 1.57 bits per heavy atom. The molecule has 1 aromatic heterocycles. The van der Waals surface area contributed by atoms with Crippen LogP contribution in [0.1, 0.15) is 19.8 Å². The van der Waals surface area contributed by atoms with E-state index >= 15 is 0 Å². The monoisotopic (exact) mass is 195 g/mol. The number of halogens is 1. The van der Waals surface area contributed by atoms with E-state index in [0.29, 0.717) is 11.7 Å². The second kappa shape index (κ2) is 3.90. The maximum Gasteiger partial charge on any atom is 0.183 e. The van der Waals surface area contributed by atoms with E-state index in [1.165, 1.54) is 18.9 Å². The molecule has 2 rings (SSSR count). The van der Waals surface area contributed by atoms with Gasteiger partial charge in [0.1, 0.15) is 6.33 Å². The summed E-state index contributed by atoms with van der Waals surface area (Å²) in [7, 11) is 0. The SMILES string of the molecule is CC1CCCN(c2ncncc2F)C1. The molecule has 1 unspecified atom stereocenters. The summed E-state index contributed by atoms with van der Waals surface area (Å²) in [6.45, 7) is 3.98. The summed E-state index contributed by atoms with van der Waals surface area (Å²) >= 11 is 0. The first-order chi connectivity index (χ1) is 6.77. The van der Waals surface area contributed by atoms with Crippen LogP contribution in [0.2, 0.25) is 0 Å². The lowest BCUT2D eigenvalue weighted by Crippen LogP contribution is -2.35. The molecule has 0 bridgehead atoms. The van der Waals surface area contributed by atoms with Crippen LogP contribution in [0, 0.1) is 11.7 Å². The summed E-state index contributed by atoms with van der Waals surface area (Å²) in [6.07, 6.45) is 4.97. The van der Waals surface area contributed by atoms with Gasteiger partial charge in [0.05, 0.1) is 6.20 Å². The van der Waals surface area contributed by atoms with Gasteiger partial charge >= 0.3 is 0 Å². The van der Waals surface area contributed by atoms with Crippen LogP contribution < -0.4 is 4.90 Å². The zero-order chi connectivity index (χ0) is 9.97. The van der Waals surface area contributed by atoms with Crippen molar-refractivity contribution < 1.29 is 4.39 Å². The van der Waals surface area contributed by atoms with Crippen molar-refractivity contribution >= 4 is 5.82 Å². The largest absolute Gasteiger partial charge is 0.354 e. The van der Waals surface area contributed by atoms with Crippen LogP contribution in [-0.2, 0) is 0 Å². The van der Waals surface area contributed by atoms with Gasteiger partial charge in [0, 0.05) is 13.1 Å². The van der Waals surface area contributed by atoms with Crippen molar-refractivity contribution in [3.05, 3.63) is 18.3 Å². The number of piperidine rings is 1. The molecule has 0 aromatic carbocycles. The second-order valence-corrected chi connectivity index (χ2v) is 3.89. The Kier molecular flexibility index (Phi) is 2.61. The molecule has 1 saturated heterocycles. The molecule has 0 saturated carbocycles. The molecule has 1 aromatic rings. The van der Waals surface area contributed by atoms with Gasteiger partial charge in [-0.2, -0.15) is 0 Å². The first-order valence-corrected chi connectivity index (χ1v) is 4.98. The van der Waals surface area contributed by atoms with Crippen LogP contribution in [0.15, 0.2) is 12.5 Å². The average Bonchev–Trinajstić information content (AvgIpc) is 2.18. The Morgan fingerprint density at radius 3 is 3.14 bits per heavy atom. The number of anilines is 1. The summed E-state index contributed by atoms with van der Waals surface area (Å²) in [6, 6.07) is 0. The van der Waals surface area contributed by atoms with Crippen LogP contribution >= 0.6 is 0 Å². The third-order valence-corrected chi connectivity index (χ3v) is 2.60. The van der Waals surface area contributed by atoms with Crippen LogP contribution in [0.5, 0.6) is 0 Å². The van der Waals surface area contributed by atoms with Gasteiger partial charge in [-0.1, -0.05) is 6.92 Å². The molecular formula is C10H14FN3. The van der Waals surface area contributed by atoms with Gasteiger partial charge in [-0.15, -0.1) is 0 Å². The lowest BCUT2D eigenvalue weighted by molar-refractivity contribution is 0.438. The molecule has 0 N–H and O–H groups in total. The smallest absolute Gasteiger partial charge is 0.183 e. The molecule has 1 fully saturated rings. The Morgan fingerprint density at radius 2 is 2.43 bits per heavy atom. The number of hydrogen-bond donors (Lipinski definition) is 0. The van der Waals surface area contributed by atoms with Gasteiger partial charge < -0.3 is 4.90 Å². The first kappa shape index (κ1) is 9.37. The van der Waals surface area contributed by atoms with Crippen molar-refractivity contribution in [3.8, 4) is 0 Å². The van der Waals surface area contributed by atoms with Gasteiger partial charge in [-0.3, -0.25) is 0 Å². The van der Waals surface area contributed by atoms with E-state index in [1.54, 1.807) is 0 Å². The van der Waals surface area contributed by atoms with Crippen LogP contribution in [0.4, 0.5) is 10.2 Å². The normalized spacial score (nSPS) is 22.4. The summed E-state index contributed by atoms with van der Waals surface area (Å²) in [5, 5.41) is 0. The fraction of sp³-hybridized carbons (Fsp3) is 0.600. The molecule has 1 atom stereocenters. The molecule has 0 radical (unpaired) electrons. The Balaban J connectivity index is 2.18.